The molecule has 1 aromatic heterocycles. The van der Waals surface area contributed by atoms with Crippen molar-refractivity contribution in [3.05, 3.63) is 30.5 Å². The monoisotopic (exact) mass is 341 g/mol. The van der Waals surface area contributed by atoms with Gasteiger partial charge in [0, 0.05) is 44.5 Å². The predicted molar refractivity (Wildman–Crippen MR) is 93.7 cm³/mol. The molecule has 25 heavy (non-hydrogen) atoms. The molecule has 9 heteroatoms. The molecule has 1 aliphatic rings. The minimum atomic E-state index is -0.127. The van der Waals surface area contributed by atoms with Gasteiger partial charge >= 0.3 is 0 Å². The molecule has 1 saturated heterocycles. The van der Waals surface area contributed by atoms with E-state index in [1.54, 1.807) is 4.90 Å². The summed E-state index contributed by atoms with van der Waals surface area (Å²) in [5.74, 6) is 0.953. The Balaban J connectivity index is 1.70. The summed E-state index contributed by atoms with van der Waals surface area (Å²) in [7, 11) is 0. The van der Waals surface area contributed by atoms with Crippen LogP contribution in [0.25, 0.3) is 0 Å². The van der Waals surface area contributed by atoms with Crippen LogP contribution in [0, 0.1) is 0 Å². The average Bonchev–Trinajstić information content (AvgIpc) is 2.62. The van der Waals surface area contributed by atoms with Crippen LogP contribution in [0.3, 0.4) is 0 Å². The molecule has 3 rings (SSSR count). The lowest BCUT2D eigenvalue weighted by molar-refractivity contribution is -0.118. The van der Waals surface area contributed by atoms with Gasteiger partial charge in [-0.15, -0.1) is 5.10 Å². The fourth-order valence-electron chi connectivity index (χ4n) is 2.54. The maximum absolute atomic E-state index is 11.2. The van der Waals surface area contributed by atoms with Crippen molar-refractivity contribution in [3.63, 3.8) is 0 Å². The van der Waals surface area contributed by atoms with E-state index in [-0.39, 0.29) is 5.91 Å². The highest BCUT2D eigenvalue weighted by atomic mass is 16.1. The minimum Gasteiger partial charge on any atom is -0.342 e. The molecule has 0 radical (unpaired) electrons. The lowest BCUT2D eigenvalue weighted by Crippen LogP contribution is -2.46. The van der Waals surface area contributed by atoms with Gasteiger partial charge in [-0.3, -0.25) is 9.59 Å². The highest BCUT2D eigenvalue weighted by Crippen LogP contribution is 2.20. The van der Waals surface area contributed by atoms with Crippen molar-refractivity contribution in [1.29, 1.82) is 0 Å². The number of anilines is 4. The number of hydrogen-bond donors (Lipinski definition) is 2. The number of carbonyl (C=O) groups is 2. The van der Waals surface area contributed by atoms with E-state index in [4.69, 9.17) is 0 Å². The van der Waals surface area contributed by atoms with E-state index in [0.29, 0.717) is 43.6 Å². The smallest absolute Gasteiger partial charge is 0.247 e. The van der Waals surface area contributed by atoms with Gasteiger partial charge in [0.05, 0.1) is 6.20 Å². The average molecular weight is 341 g/mol. The zero-order chi connectivity index (χ0) is 17.6. The van der Waals surface area contributed by atoms with E-state index in [2.05, 4.69) is 25.8 Å². The van der Waals surface area contributed by atoms with Crippen molar-refractivity contribution in [3.8, 4) is 0 Å². The highest BCUT2D eigenvalue weighted by Gasteiger charge is 2.18. The molecule has 0 unspecified atom stereocenters. The van der Waals surface area contributed by atoms with Crippen molar-refractivity contribution in [2.24, 2.45) is 0 Å². The Labute approximate surface area is 145 Å². The Morgan fingerprint density at radius 3 is 2.68 bits per heavy atom. The van der Waals surface area contributed by atoms with Crippen molar-refractivity contribution in [2.75, 3.05) is 41.7 Å². The molecule has 2 N–H and O–H groups in total. The third-order valence-electron chi connectivity index (χ3n) is 3.75. The van der Waals surface area contributed by atoms with Gasteiger partial charge in [0.1, 0.15) is 0 Å². The van der Waals surface area contributed by atoms with Crippen LogP contribution < -0.4 is 15.5 Å². The summed E-state index contributed by atoms with van der Waals surface area (Å²) < 4.78 is 0. The molecule has 1 fully saturated rings. The zero-order valence-corrected chi connectivity index (χ0v) is 13.8. The molecule has 0 bridgehead atoms. The van der Waals surface area contributed by atoms with Gasteiger partial charge in [-0.25, -0.2) is 0 Å². The van der Waals surface area contributed by atoms with E-state index < -0.39 is 0 Å². The number of nitrogens with zero attached hydrogens (tertiary/aromatic N) is 5. The Bertz CT molecular complexity index is 760. The van der Waals surface area contributed by atoms with Crippen LogP contribution in [-0.4, -0.2) is 58.6 Å². The van der Waals surface area contributed by atoms with E-state index >= 15 is 0 Å². The number of nitrogens with one attached hydrogen (secondary N) is 2. The molecule has 0 saturated carbocycles. The van der Waals surface area contributed by atoms with Crippen LogP contribution in [0.2, 0.25) is 0 Å². The summed E-state index contributed by atoms with van der Waals surface area (Å²) in [5, 5.41) is 14.0. The number of amides is 2. The topological polar surface area (TPSA) is 103 Å². The molecular formula is C16H19N7O2. The Hall–Kier alpha value is -3.23. The second kappa shape index (κ2) is 7.56. The van der Waals surface area contributed by atoms with Crippen LogP contribution in [0.1, 0.15) is 6.92 Å². The first kappa shape index (κ1) is 16.6. The van der Waals surface area contributed by atoms with Gasteiger partial charge < -0.3 is 20.4 Å². The van der Waals surface area contributed by atoms with E-state index in [0.717, 1.165) is 12.1 Å². The lowest BCUT2D eigenvalue weighted by atomic mass is 10.2. The van der Waals surface area contributed by atoms with Gasteiger partial charge in [-0.1, -0.05) is 6.07 Å². The zero-order valence-electron chi connectivity index (χ0n) is 13.8. The van der Waals surface area contributed by atoms with Gasteiger partial charge in [0.2, 0.25) is 18.3 Å². The summed E-state index contributed by atoms with van der Waals surface area (Å²) in [4.78, 5) is 30.1. The number of carbonyl (C=O) groups excluding carboxylic acids is 2. The first-order valence-corrected chi connectivity index (χ1v) is 7.93. The SMILES string of the molecule is CC(=O)Nc1cccc(Nc2cnnc(N3CCN(C=O)CC3)n2)c1. The second-order valence-electron chi connectivity index (χ2n) is 5.66. The Morgan fingerprint density at radius 2 is 1.96 bits per heavy atom. The summed E-state index contributed by atoms with van der Waals surface area (Å²) >= 11 is 0. The molecular weight excluding hydrogens is 322 g/mol. The molecule has 1 aromatic carbocycles. The summed E-state index contributed by atoms with van der Waals surface area (Å²) in [5.41, 5.74) is 1.48. The van der Waals surface area contributed by atoms with Crippen molar-refractivity contribution in [1.82, 2.24) is 20.1 Å². The van der Waals surface area contributed by atoms with Gasteiger partial charge in [-0.2, -0.15) is 10.1 Å². The van der Waals surface area contributed by atoms with E-state index in [9.17, 15) is 9.59 Å². The lowest BCUT2D eigenvalue weighted by Gasteiger charge is -2.32. The number of rotatable bonds is 5. The standard InChI is InChI=1S/C16H19N7O2/c1-12(25)18-13-3-2-4-14(9-13)19-15-10-17-21-16(20-15)23-7-5-22(11-24)6-8-23/h2-4,9-11H,5-8H2,1H3,(H,18,25)(H,19,20,21). The molecule has 9 nitrogen and oxygen atoms in total. The summed E-state index contributed by atoms with van der Waals surface area (Å²) in [6.07, 6.45) is 2.40. The number of hydrogen-bond acceptors (Lipinski definition) is 7. The van der Waals surface area contributed by atoms with E-state index in [1.165, 1.54) is 13.1 Å². The van der Waals surface area contributed by atoms with Crippen molar-refractivity contribution >= 4 is 35.5 Å². The summed E-state index contributed by atoms with van der Waals surface area (Å²) in [6, 6.07) is 7.33. The van der Waals surface area contributed by atoms with Gasteiger partial charge in [0.25, 0.3) is 0 Å². The first-order chi connectivity index (χ1) is 12.1. The quantitative estimate of drug-likeness (QED) is 0.777. The molecule has 2 heterocycles. The molecule has 0 atom stereocenters. The Morgan fingerprint density at radius 1 is 1.20 bits per heavy atom. The third kappa shape index (κ3) is 4.40. The van der Waals surface area contributed by atoms with Crippen LogP contribution in [0.15, 0.2) is 30.5 Å². The van der Waals surface area contributed by atoms with Crippen LogP contribution in [-0.2, 0) is 9.59 Å². The molecule has 0 spiro atoms. The fourth-order valence-corrected chi connectivity index (χ4v) is 2.54. The van der Waals surface area contributed by atoms with Gasteiger partial charge in [-0.05, 0) is 18.2 Å². The second-order valence-corrected chi connectivity index (χ2v) is 5.66. The number of benzene rings is 1. The predicted octanol–water partition coefficient (Wildman–Crippen LogP) is 0.852. The fraction of sp³-hybridized carbons (Fsp3) is 0.312. The first-order valence-electron chi connectivity index (χ1n) is 7.93. The largest absolute Gasteiger partial charge is 0.342 e. The minimum absolute atomic E-state index is 0.127. The molecule has 130 valence electrons. The molecule has 1 aliphatic heterocycles. The normalized spacial score (nSPS) is 14.1. The third-order valence-corrected chi connectivity index (χ3v) is 3.75. The van der Waals surface area contributed by atoms with Crippen molar-refractivity contribution < 1.29 is 9.59 Å². The maximum Gasteiger partial charge on any atom is 0.247 e. The van der Waals surface area contributed by atoms with Gasteiger partial charge in [0.15, 0.2) is 5.82 Å². The molecule has 2 amide bonds. The van der Waals surface area contributed by atoms with Crippen LogP contribution >= 0.6 is 0 Å². The maximum atomic E-state index is 11.2. The Kier molecular flexibility index (Phi) is 5.03. The molecule has 2 aromatic rings. The number of aromatic nitrogens is 3. The van der Waals surface area contributed by atoms with Crippen LogP contribution in [0.5, 0.6) is 0 Å². The molecule has 0 aliphatic carbocycles. The summed E-state index contributed by atoms with van der Waals surface area (Å²) in [6.45, 7) is 4.08. The number of piperazine rings is 1. The van der Waals surface area contributed by atoms with Crippen LogP contribution in [0.4, 0.5) is 23.1 Å². The van der Waals surface area contributed by atoms with E-state index in [1.807, 2.05) is 29.2 Å². The highest BCUT2D eigenvalue weighted by molar-refractivity contribution is 5.89. The van der Waals surface area contributed by atoms with Crippen molar-refractivity contribution in [2.45, 2.75) is 6.92 Å².